The minimum atomic E-state index is -3.67. The van der Waals surface area contributed by atoms with E-state index in [-0.39, 0.29) is 6.04 Å². The van der Waals surface area contributed by atoms with Crippen molar-refractivity contribution in [3.8, 4) is 11.5 Å². The van der Waals surface area contributed by atoms with Gasteiger partial charge >= 0.3 is 0 Å². The number of rotatable bonds is 2. The minimum absolute atomic E-state index is 0.206. The van der Waals surface area contributed by atoms with Gasteiger partial charge in [0.1, 0.15) is 0 Å². The van der Waals surface area contributed by atoms with Crippen LogP contribution in [0.1, 0.15) is 30.9 Å². The minimum Gasteiger partial charge on any atom is -0.490 e. The molecule has 2 aliphatic rings. The average molecular weight is 298 g/mol. The van der Waals surface area contributed by atoms with E-state index < -0.39 is 10.2 Å². The molecule has 3 rings (SSSR count). The average Bonchev–Trinajstić information content (AvgIpc) is 2.78. The lowest BCUT2D eigenvalue weighted by Gasteiger charge is -2.22. The molecule has 1 atom stereocenters. The van der Waals surface area contributed by atoms with Gasteiger partial charge in [-0.3, -0.25) is 0 Å². The summed E-state index contributed by atoms with van der Waals surface area (Å²) in [5.41, 5.74) is 0.903. The second-order valence-corrected chi connectivity index (χ2v) is 6.57. The number of ether oxygens (including phenoxy) is 2. The maximum absolute atomic E-state index is 11.6. The Hall–Kier alpha value is -1.31. The summed E-state index contributed by atoms with van der Waals surface area (Å²) >= 11 is 0. The molecular formula is C13H18N2O4S. The first-order chi connectivity index (χ1) is 9.55. The van der Waals surface area contributed by atoms with Crippen molar-refractivity contribution in [1.29, 1.82) is 0 Å². The van der Waals surface area contributed by atoms with Crippen LogP contribution in [0.25, 0.3) is 0 Å². The highest BCUT2D eigenvalue weighted by atomic mass is 32.2. The largest absolute Gasteiger partial charge is 0.490 e. The molecule has 0 aliphatic carbocycles. The Bertz CT molecular complexity index is 602. The van der Waals surface area contributed by atoms with Crippen LogP contribution < -0.4 is 14.6 Å². The third kappa shape index (κ3) is 2.61. The van der Waals surface area contributed by atoms with Crippen molar-refractivity contribution < 1.29 is 17.9 Å². The molecule has 1 fully saturated rings. The van der Waals surface area contributed by atoms with Crippen molar-refractivity contribution >= 4 is 10.2 Å². The molecular weight excluding hydrogens is 280 g/mol. The summed E-state index contributed by atoms with van der Waals surface area (Å²) < 4.78 is 35.8. The first-order valence-electron chi connectivity index (χ1n) is 6.75. The Morgan fingerprint density at radius 2 is 1.90 bits per heavy atom. The molecule has 0 saturated carbocycles. The van der Waals surface area contributed by atoms with Crippen LogP contribution in [0, 0.1) is 0 Å². The summed E-state index contributed by atoms with van der Waals surface area (Å²) in [7, 11) is -3.67. The van der Waals surface area contributed by atoms with E-state index in [1.54, 1.807) is 0 Å². The lowest BCUT2D eigenvalue weighted by Crippen LogP contribution is -2.36. The summed E-state index contributed by atoms with van der Waals surface area (Å²) in [6.07, 6.45) is 2.43. The molecule has 7 heteroatoms. The van der Waals surface area contributed by atoms with Crippen molar-refractivity contribution in [2.45, 2.75) is 25.3 Å². The maximum Gasteiger partial charge on any atom is 0.277 e. The van der Waals surface area contributed by atoms with E-state index >= 15 is 0 Å². The molecule has 20 heavy (non-hydrogen) atoms. The Morgan fingerprint density at radius 3 is 2.65 bits per heavy atom. The molecule has 0 spiro atoms. The van der Waals surface area contributed by atoms with E-state index in [0.717, 1.165) is 24.8 Å². The summed E-state index contributed by atoms with van der Waals surface area (Å²) in [5, 5.41) is 5.27. The third-order valence-corrected chi connectivity index (χ3v) is 4.78. The molecule has 0 aromatic heterocycles. The SMILES string of the molecule is NS(=O)(=O)N1CCCC1c1ccc2c(c1)OCCCO2. The van der Waals surface area contributed by atoms with Crippen molar-refractivity contribution in [3.05, 3.63) is 23.8 Å². The second kappa shape index (κ2) is 5.23. The van der Waals surface area contributed by atoms with Gasteiger partial charge in [-0.2, -0.15) is 12.7 Å². The summed E-state index contributed by atoms with van der Waals surface area (Å²) in [6.45, 7) is 1.72. The van der Waals surface area contributed by atoms with Crippen LogP contribution in [0.15, 0.2) is 18.2 Å². The number of hydrogen-bond acceptors (Lipinski definition) is 4. The molecule has 1 aromatic rings. The van der Waals surface area contributed by atoms with Crippen LogP contribution >= 0.6 is 0 Å². The molecule has 6 nitrogen and oxygen atoms in total. The number of benzene rings is 1. The molecule has 0 radical (unpaired) electrons. The molecule has 0 bridgehead atoms. The number of fused-ring (bicyclic) bond motifs is 1. The zero-order chi connectivity index (χ0) is 14.2. The van der Waals surface area contributed by atoms with Crippen LogP contribution in [0.4, 0.5) is 0 Å². The highest BCUT2D eigenvalue weighted by Gasteiger charge is 2.33. The van der Waals surface area contributed by atoms with E-state index in [1.165, 1.54) is 4.31 Å². The summed E-state index contributed by atoms with van der Waals surface area (Å²) in [6, 6.07) is 5.40. The zero-order valence-corrected chi connectivity index (χ0v) is 11.9. The molecule has 2 heterocycles. The Kier molecular flexibility index (Phi) is 3.57. The van der Waals surface area contributed by atoms with E-state index in [0.29, 0.717) is 31.3 Å². The molecule has 110 valence electrons. The fourth-order valence-corrected chi connectivity index (χ4v) is 3.73. The lowest BCUT2D eigenvalue weighted by molar-refractivity contribution is 0.296. The Balaban J connectivity index is 1.92. The van der Waals surface area contributed by atoms with Crippen LogP contribution in [0.5, 0.6) is 11.5 Å². The van der Waals surface area contributed by atoms with Gasteiger partial charge in [-0.1, -0.05) is 6.07 Å². The van der Waals surface area contributed by atoms with Crippen molar-refractivity contribution in [1.82, 2.24) is 4.31 Å². The number of hydrogen-bond donors (Lipinski definition) is 1. The van der Waals surface area contributed by atoms with E-state index in [4.69, 9.17) is 14.6 Å². The van der Waals surface area contributed by atoms with E-state index in [9.17, 15) is 8.42 Å². The van der Waals surface area contributed by atoms with Crippen molar-refractivity contribution in [2.24, 2.45) is 5.14 Å². The van der Waals surface area contributed by atoms with Gasteiger partial charge in [0.05, 0.1) is 19.3 Å². The van der Waals surface area contributed by atoms with Crippen LogP contribution in [-0.2, 0) is 10.2 Å². The first-order valence-corrected chi connectivity index (χ1v) is 8.25. The molecule has 1 saturated heterocycles. The molecule has 2 N–H and O–H groups in total. The Morgan fingerprint density at radius 1 is 1.15 bits per heavy atom. The maximum atomic E-state index is 11.6. The van der Waals surface area contributed by atoms with E-state index in [1.807, 2.05) is 18.2 Å². The standard InChI is InChI=1S/C13H18N2O4S/c14-20(16,17)15-6-1-3-11(15)10-4-5-12-13(9-10)19-8-2-7-18-12/h4-5,9,11H,1-3,6-8H2,(H2,14,16,17). The molecule has 1 aromatic carbocycles. The predicted molar refractivity (Wildman–Crippen MR) is 73.8 cm³/mol. The smallest absolute Gasteiger partial charge is 0.277 e. The number of nitrogens with two attached hydrogens (primary N) is 1. The summed E-state index contributed by atoms with van der Waals surface area (Å²) in [5.74, 6) is 1.40. The fraction of sp³-hybridized carbons (Fsp3) is 0.538. The van der Waals surface area contributed by atoms with Crippen molar-refractivity contribution in [2.75, 3.05) is 19.8 Å². The topological polar surface area (TPSA) is 81.9 Å². The quantitative estimate of drug-likeness (QED) is 0.889. The van der Waals surface area contributed by atoms with E-state index in [2.05, 4.69) is 0 Å². The zero-order valence-electron chi connectivity index (χ0n) is 11.1. The monoisotopic (exact) mass is 298 g/mol. The first kappa shape index (κ1) is 13.7. The predicted octanol–water partition coefficient (Wildman–Crippen LogP) is 1.19. The Labute approximate surface area is 118 Å². The summed E-state index contributed by atoms with van der Waals surface area (Å²) in [4.78, 5) is 0. The van der Waals surface area contributed by atoms with Gasteiger partial charge in [0.2, 0.25) is 0 Å². The van der Waals surface area contributed by atoms with Gasteiger partial charge in [0.15, 0.2) is 11.5 Å². The normalized spacial score (nSPS) is 23.6. The van der Waals surface area contributed by atoms with Gasteiger partial charge in [-0.05, 0) is 30.5 Å². The van der Waals surface area contributed by atoms with Gasteiger partial charge in [0.25, 0.3) is 10.2 Å². The van der Waals surface area contributed by atoms with Gasteiger partial charge in [-0.25, -0.2) is 5.14 Å². The molecule has 1 unspecified atom stereocenters. The molecule has 2 aliphatic heterocycles. The molecule has 0 amide bonds. The number of nitrogens with zero attached hydrogens (tertiary/aromatic N) is 1. The highest BCUT2D eigenvalue weighted by molar-refractivity contribution is 7.86. The van der Waals surface area contributed by atoms with Crippen LogP contribution in [0.2, 0.25) is 0 Å². The second-order valence-electron chi connectivity index (χ2n) is 5.07. The van der Waals surface area contributed by atoms with Gasteiger partial charge in [-0.15, -0.1) is 0 Å². The van der Waals surface area contributed by atoms with Crippen LogP contribution in [0.3, 0.4) is 0 Å². The third-order valence-electron chi connectivity index (χ3n) is 3.69. The van der Waals surface area contributed by atoms with Gasteiger partial charge in [0, 0.05) is 13.0 Å². The van der Waals surface area contributed by atoms with Gasteiger partial charge < -0.3 is 9.47 Å². The van der Waals surface area contributed by atoms with Crippen LogP contribution in [-0.4, -0.2) is 32.5 Å². The lowest BCUT2D eigenvalue weighted by atomic mass is 10.0. The van der Waals surface area contributed by atoms with Crippen molar-refractivity contribution in [3.63, 3.8) is 0 Å². The fourth-order valence-electron chi connectivity index (χ4n) is 2.76. The highest BCUT2D eigenvalue weighted by Crippen LogP contribution is 2.38.